The molecule has 0 aromatic heterocycles. The van der Waals surface area contributed by atoms with Gasteiger partial charge in [0.25, 0.3) is 0 Å². The Bertz CT molecular complexity index is 1300. The largest absolute Gasteiger partial charge is 0.486 e. The molecule has 0 amide bonds. The average molecular weight is 517 g/mol. The van der Waals surface area contributed by atoms with Crippen LogP contribution in [0.1, 0.15) is 22.6 Å². The second kappa shape index (κ2) is 10.1. The van der Waals surface area contributed by atoms with Gasteiger partial charge in [0.05, 0.1) is 23.1 Å². The maximum atomic E-state index is 14.0. The Balaban J connectivity index is 1.76. The molecule has 0 bridgehead atoms. The first-order chi connectivity index (χ1) is 16.7. The highest BCUT2D eigenvalue weighted by atomic mass is 35.5. The molecule has 1 aliphatic rings. The smallest absolute Gasteiger partial charge is 0.340 e. The van der Waals surface area contributed by atoms with Crippen molar-refractivity contribution in [1.82, 2.24) is 0 Å². The molecule has 1 atom stereocenters. The highest BCUT2D eigenvalue weighted by Gasteiger charge is 2.36. The number of esters is 1. The van der Waals surface area contributed by atoms with Crippen LogP contribution in [0.3, 0.4) is 0 Å². The van der Waals surface area contributed by atoms with Crippen LogP contribution in [0, 0.1) is 5.82 Å². The van der Waals surface area contributed by atoms with Gasteiger partial charge in [0, 0.05) is 37.0 Å². The number of fused-ring (bicyclic) bond motifs is 1. The van der Waals surface area contributed by atoms with Gasteiger partial charge in [-0.1, -0.05) is 47.5 Å². The summed E-state index contributed by atoms with van der Waals surface area (Å²) in [4.78, 5) is 14.6. The van der Waals surface area contributed by atoms with E-state index in [0.717, 1.165) is 5.69 Å². The summed E-state index contributed by atoms with van der Waals surface area (Å²) in [5.74, 6) is -1.06. The first-order valence-electron chi connectivity index (χ1n) is 10.6. The molecular weight excluding hydrogens is 494 g/mol. The molecule has 1 heterocycles. The Morgan fingerprint density at radius 1 is 1.11 bits per heavy atom. The molecule has 1 aliphatic heterocycles. The van der Waals surface area contributed by atoms with E-state index < -0.39 is 17.7 Å². The summed E-state index contributed by atoms with van der Waals surface area (Å²) in [5.41, 5.74) is 8.84. The van der Waals surface area contributed by atoms with Crippen molar-refractivity contribution in [2.24, 2.45) is 5.73 Å². The number of hydrogen-bond donors (Lipinski definition) is 1. The van der Waals surface area contributed by atoms with Crippen molar-refractivity contribution in [3.63, 3.8) is 0 Å². The van der Waals surface area contributed by atoms with Gasteiger partial charge in [-0.25, -0.2) is 9.18 Å². The zero-order chi connectivity index (χ0) is 25.3. The Morgan fingerprint density at radius 2 is 1.80 bits per heavy atom. The molecule has 0 spiro atoms. The lowest BCUT2D eigenvalue weighted by molar-refractivity contribution is -0.136. The molecule has 0 radical (unpaired) electrons. The number of hydrogen-bond acceptors (Lipinski definition) is 6. The molecule has 3 aromatic rings. The van der Waals surface area contributed by atoms with E-state index in [1.54, 1.807) is 30.3 Å². The molecule has 0 fully saturated rings. The van der Waals surface area contributed by atoms with Crippen LogP contribution in [0.2, 0.25) is 10.0 Å². The first-order valence-corrected chi connectivity index (χ1v) is 11.4. The lowest BCUT2D eigenvalue weighted by Crippen LogP contribution is -2.27. The third kappa shape index (κ3) is 4.88. The number of benzene rings is 3. The number of carbonyl (C=O) groups excluding carboxylic acids is 1. The number of halogens is 3. The van der Waals surface area contributed by atoms with Crippen molar-refractivity contribution >= 4 is 34.9 Å². The van der Waals surface area contributed by atoms with Crippen molar-refractivity contribution in [2.75, 3.05) is 26.1 Å². The fourth-order valence-electron chi connectivity index (χ4n) is 3.92. The molecule has 9 heteroatoms. The van der Waals surface area contributed by atoms with E-state index in [1.807, 2.05) is 37.2 Å². The summed E-state index contributed by atoms with van der Waals surface area (Å²) in [6.07, 6.45) is 0. The van der Waals surface area contributed by atoms with Gasteiger partial charge < -0.3 is 24.8 Å². The topological polar surface area (TPSA) is 74.0 Å². The highest BCUT2D eigenvalue weighted by molar-refractivity contribution is 6.37. The molecule has 35 heavy (non-hydrogen) atoms. The molecule has 6 nitrogen and oxygen atoms in total. The molecule has 4 rings (SSSR count). The number of nitrogens with zero attached hydrogens (tertiary/aromatic N) is 1. The molecule has 0 unspecified atom stereocenters. The fourth-order valence-corrected chi connectivity index (χ4v) is 4.54. The predicted octanol–water partition coefficient (Wildman–Crippen LogP) is 5.65. The molecular formula is C26H23Cl2FN2O4. The fraction of sp³-hybridized carbons (Fsp3) is 0.192. The third-order valence-corrected chi connectivity index (χ3v) is 6.25. The van der Waals surface area contributed by atoms with Gasteiger partial charge in [0.2, 0.25) is 5.88 Å². The van der Waals surface area contributed by atoms with Crippen LogP contribution in [-0.2, 0) is 16.1 Å². The standard InChI is InChI=1S/C26H23Cl2FN2O4/c1-31(2)16-8-9-17-21(12-16)35-25(30)23(26(32)33-3)22(17)15-10-18(27)24(19(28)11-15)34-13-14-6-4-5-7-20(14)29/h4-12,22H,13,30H2,1-3H3/t22-/m0/s1. The summed E-state index contributed by atoms with van der Waals surface area (Å²) in [5, 5.41) is 0.397. The average Bonchev–Trinajstić information content (AvgIpc) is 2.82. The number of nitrogens with two attached hydrogens (primary N) is 1. The SMILES string of the molecule is COC(=O)C1=C(N)Oc2cc(N(C)C)ccc2[C@@H]1c1cc(Cl)c(OCc2ccccc2F)c(Cl)c1. The van der Waals surface area contributed by atoms with E-state index in [1.165, 1.54) is 13.2 Å². The van der Waals surface area contributed by atoms with Crippen LogP contribution in [0.4, 0.5) is 10.1 Å². The summed E-state index contributed by atoms with van der Waals surface area (Å²) in [7, 11) is 5.07. The Hall–Kier alpha value is -3.42. The first kappa shape index (κ1) is 24.7. The lowest BCUT2D eigenvalue weighted by Gasteiger charge is -2.29. The van der Waals surface area contributed by atoms with Gasteiger partial charge >= 0.3 is 5.97 Å². The molecule has 0 aliphatic carbocycles. The summed E-state index contributed by atoms with van der Waals surface area (Å²) in [6.45, 7) is -0.0564. The maximum absolute atomic E-state index is 14.0. The minimum Gasteiger partial charge on any atom is -0.486 e. The molecule has 0 saturated heterocycles. The van der Waals surface area contributed by atoms with E-state index >= 15 is 0 Å². The van der Waals surface area contributed by atoms with E-state index in [4.69, 9.17) is 43.1 Å². The van der Waals surface area contributed by atoms with Gasteiger partial charge in [-0.2, -0.15) is 0 Å². The van der Waals surface area contributed by atoms with Gasteiger partial charge in [-0.15, -0.1) is 0 Å². The van der Waals surface area contributed by atoms with Crippen molar-refractivity contribution in [3.05, 3.63) is 98.6 Å². The number of anilines is 1. The maximum Gasteiger partial charge on any atom is 0.340 e. The van der Waals surface area contributed by atoms with Crippen LogP contribution in [0.5, 0.6) is 11.5 Å². The van der Waals surface area contributed by atoms with Crippen molar-refractivity contribution in [1.29, 1.82) is 0 Å². The van der Waals surface area contributed by atoms with Gasteiger partial charge in [0.15, 0.2) is 5.75 Å². The van der Waals surface area contributed by atoms with Gasteiger partial charge in [-0.3, -0.25) is 0 Å². The zero-order valence-electron chi connectivity index (χ0n) is 19.3. The Morgan fingerprint density at radius 3 is 2.43 bits per heavy atom. The number of rotatable bonds is 6. The van der Waals surface area contributed by atoms with Crippen LogP contribution < -0.4 is 20.1 Å². The lowest BCUT2D eigenvalue weighted by atomic mass is 9.83. The minimum atomic E-state index is -0.655. The number of methoxy groups -OCH3 is 1. The molecule has 182 valence electrons. The second-order valence-electron chi connectivity index (χ2n) is 8.11. The summed E-state index contributed by atoms with van der Waals surface area (Å²) >= 11 is 13.1. The number of carbonyl (C=O) groups is 1. The molecule has 2 N–H and O–H groups in total. The molecule has 3 aromatic carbocycles. The zero-order valence-corrected chi connectivity index (χ0v) is 20.8. The van der Waals surface area contributed by atoms with E-state index in [2.05, 4.69) is 0 Å². The van der Waals surface area contributed by atoms with Crippen molar-refractivity contribution in [2.45, 2.75) is 12.5 Å². The van der Waals surface area contributed by atoms with E-state index in [-0.39, 0.29) is 33.9 Å². The van der Waals surface area contributed by atoms with Crippen LogP contribution in [0.15, 0.2) is 66.1 Å². The third-order valence-electron chi connectivity index (χ3n) is 5.69. The highest BCUT2D eigenvalue weighted by Crippen LogP contribution is 2.46. The van der Waals surface area contributed by atoms with Crippen LogP contribution in [0.25, 0.3) is 0 Å². The van der Waals surface area contributed by atoms with Crippen LogP contribution in [-0.4, -0.2) is 27.2 Å². The Kier molecular flexibility index (Phi) is 7.10. The van der Waals surface area contributed by atoms with E-state index in [0.29, 0.717) is 22.4 Å². The minimum absolute atomic E-state index is 0.0564. The second-order valence-corrected chi connectivity index (χ2v) is 8.93. The van der Waals surface area contributed by atoms with E-state index in [9.17, 15) is 9.18 Å². The summed E-state index contributed by atoms with van der Waals surface area (Å²) in [6, 6.07) is 15.1. The number of ether oxygens (including phenoxy) is 3. The van der Waals surface area contributed by atoms with Crippen molar-refractivity contribution < 1.29 is 23.4 Å². The molecule has 0 saturated carbocycles. The van der Waals surface area contributed by atoms with Crippen LogP contribution >= 0.6 is 23.2 Å². The summed E-state index contributed by atoms with van der Waals surface area (Å²) < 4.78 is 30.5. The van der Waals surface area contributed by atoms with Gasteiger partial charge in [0.1, 0.15) is 23.7 Å². The quantitative estimate of drug-likeness (QED) is 0.427. The van der Waals surface area contributed by atoms with Gasteiger partial charge in [-0.05, 0) is 29.8 Å². The monoisotopic (exact) mass is 516 g/mol. The predicted molar refractivity (Wildman–Crippen MR) is 134 cm³/mol. The Labute approximate surface area is 212 Å². The normalized spacial score (nSPS) is 14.7. The van der Waals surface area contributed by atoms with Crippen molar-refractivity contribution in [3.8, 4) is 11.5 Å².